The molecule has 0 aliphatic heterocycles. The highest BCUT2D eigenvalue weighted by Crippen LogP contribution is 2.25. The van der Waals surface area contributed by atoms with Crippen molar-refractivity contribution < 1.29 is 4.79 Å². The van der Waals surface area contributed by atoms with Crippen molar-refractivity contribution in [3.63, 3.8) is 0 Å². The summed E-state index contributed by atoms with van der Waals surface area (Å²) in [6, 6.07) is 4.02. The monoisotopic (exact) mass is 192 g/mol. The van der Waals surface area contributed by atoms with E-state index in [1.807, 2.05) is 12.1 Å². The average Bonchev–Trinajstić information content (AvgIpc) is 2.71. The summed E-state index contributed by atoms with van der Waals surface area (Å²) in [5, 5.41) is 0. The number of hydrogen-bond acceptors (Lipinski definition) is 2. The number of carbonyl (C=O) groups excluding carboxylic acids is 1. The van der Waals surface area contributed by atoms with Gasteiger partial charge in [0.25, 0.3) is 0 Å². The summed E-state index contributed by atoms with van der Waals surface area (Å²) in [5.41, 5.74) is 6.54. The predicted octanol–water partition coefficient (Wildman–Crippen LogP) is 1.71. The fraction of sp³-hybridized carbons (Fsp3) is 0.545. The number of aromatic amines is 1. The quantitative estimate of drug-likeness (QED) is 0.701. The van der Waals surface area contributed by atoms with Gasteiger partial charge in [-0.25, -0.2) is 0 Å². The van der Waals surface area contributed by atoms with Crippen molar-refractivity contribution in [1.82, 2.24) is 4.98 Å². The van der Waals surface area contributed by atoms with E-state index in [9.17, 15) is 4.79 Å². The Balaban J connectivity index is 1.99. The number of aromatic nitrogens is 1. The van der Waals surface area contributed by atoms with Crippen LogP contribution >= 0.6 is 0 Å². The first-order valence-electron chi connectivity index (χ1n) is 5.20. The molecule has 14 heavy (non-hydrogen) atoms. The van der Waals surface area contributed by atoms with Crippen LogP contribution in [0.3, 0.4) is 0 Å². The summed E-state index contributed by atoms with van der Waals surface area (Å²) in [7, 11) is 0. The van der Waals surface area contributed by atoms with Crippen molar-refractivity contribution in [3.8, 4) is 0 Å². The zero-order valence-electron chi connectivity index (χ0n) is 8.20. The summed E-state index contributed by atoms with van der Waals surface area (Å²) in [4.78, 5) is 14.9. The number of nitrogens with two attached hydrogens (primary N) is 1. The lowest BCUT2D eigenvalue weighted by Crippen LogP contribution is -2.29. The van der Waals surface area contributed by atoms with Gasteiger partial charge in [0.2, 0.25) is 0 Å². The highest BCUT2D eigenvalue weighted by molar-refractivity contribution is 5.96. The van der Waals surface area contributed by atoms with Gasteiger partial charge in [-0.2, -0.15) is 0 Å². The number of H-pyrrole nitrogens is 1. The molecule has 1 saturated carbocycles. The minimum atomic E-state index is 0.188. The predicted molar refractivity (Wildman–Crippen MR) is 55.1 cm³/mol. The molecule has 3 heteroatoms. The van der Waals surface area contributed by atoms with E-state index in [1.54, 1.807) is 6.20 Å². The number of rotatable bonds is 2. The van der Waals surface area contributed by atoms with Crippen molar-refractivity contribution in [1.29, 1.82) is 0 Å². The maximum atomic E-state index is 11.9. The van der Waals surface area contributed by atoms with E-state index in [0.717, 1.165) is 31.4 Å². The van der Waals surface area contributed by atoms with Gasteiger partial charge in [0, 0.05) is 18.2 Å². The highest BCUT2D eigenvalue weighted by Gasteiger charge is 2.25. The molecule has 3 nitrogen and oxygen atoms in total. The molecule has 1 aliphatic rings. The maximum absolute atomic E-state index is 11.9. The van der Waals surface area contributed by atoms with Crippen molar-refractivity contribution in [2.45, 2.75) is 31.7 Å². The smallest absolute Gasteiger partial charge is 0.182 e. The Morgan fingerprint density at radius 3 is 2.64 bits per heavy atom. The molecule has 1 aliphatic carbocycles. The third-order valence-electron chi connectivity index (χ3n) is 3.01. The summed E-state index contributed by atoms with van der Waals surface area (Å²) >= 11 is 0. The molecule has 0 amide bonds. The second-order valence-electron chi connectivity index (χ2n) is 4.06. The number of hydrogen-bond donors (Lipinski definition) is 2. The summed E-state index contributed by atoms with van der Waals surface area (Å²) in [6.45, 7) is 0. The molecule has 76 valence electrons. The van der Waals surface area contributed by atoms with E-state index in [2.05, 4.69) is 4.98 Å². The lowest BCUT2D eigenvalue weighted by atomic mass is 9.83. The Labute approximate surface area is 83.7 Å². The lowest BCUT2D eigenvalue weighted by molar-refractivity contribution is 0.0880. The fourth-order valence-corrected chi connectivity index (χ4v) is 2.08. The zero-order valence-corrected chi connectivity index (χ0v) is 8.20. The van der Waals surface area contributed by atoms with Gasteiger partial charge in [-0.3, -0.25) is 4.79 Å². The van der Waals surface area contributed by atoms with Gasteiger partial charge in [-0.15, -0.1) is 0 Å². The number of carbonyl (C=O) groups is 1. The first kappa shape index (κ1) is 9.46. The van der Waals surface area contributed by atoms with Crippen LogP contribution in [0, 0.1) is 5.92 Å². The van der Waals surface area contributed by atoms with Crippen molar-refractivity contribution in [2.75, 3.05) is 0 Å². The summed E-state index contributed by atoms with van der Waals surface area (Å²) in [6.07, 6.45) is 5.65. The maximum Gasteiger partial charge on any atom is 0.182 e. The Morgan fingerprint density at radius 1 is 1.36 bits per heavy atom. The van der Waals surface area contributed by atoms with Crippen LogP contribution in [-0.4, -0.2) is 16.8 Å². The van der Waals surface area contributed by atoms with Gasteiger partial charge >= 0.3 is 0 Å². The molecule has 1 fully saturated rings. The van der Waals surface area contributed by atoms with Crippen LogP contribution in [0.5, 0.6) is 0 Å². The van der Waals surface area contributed by atoms with E-state index in [1.165, 1.54) is 0 Å². The van der Waals surface area contributed by atoms with E-state index in [-0.39, 0.29) is 11.7 Å². The second-order valence-corrected chi connectivity index (χ2v) is 4.06. The van der Waals surface area contributed by atoms with Crippen LogP contribution in [0.2, 0.25) is 0 Å². The Hall–Kier alpha value is -1.09. The molecule has 0 spiro atoms. The SMILES string of the molecule is NC1CCC(C(=O)c2ccc[nH]2)CC1. The lowest BCUT2D eigenvalue weighted by Gasteiger charge is -2.24. The molecular weight excluding hydrogens is 176 g/mol. The molecule has 0 bridgehead atoms. The first-order valence-corrected chi connectivity index (χ1v) is 5.20. The molecule has 0 radical (unpaired) electrons. The molecule has 1 heterocycles. The molecular formula is C11H16N2O. The van der Waals surface area contributed by atoms with E-state index >= 15 is 0 Å². The first-order chi connectivity index (χ1) is 6.77. The Bertz CT molecular complexity index is 297. The zero-order chi connectivity index (χ0) is 9.97. The van der Waals surface area contributed by atoms with E-state index < -0.39 is 0 Å². The Morgan fingerprint density at radius 2 is 2.07 bits per heavy atom. The molecule has 0 saturated heterocycles. The molecule has 2 rings (SSSR count). The fourth-order valence-electron chi connectivity index (χ4n) is 2.08. The molecule has 1 aromatic rings. The van der Waals surface area contributed by atoms with Crippen LogP contribution < -0.4 is 5.73 Å². The molecule has 0 atom stereocenters. The highest BCUT2D eigenvalue weighted by atomic mass is 16.1. The number of nitrogens with one attached hydrogen (secondary N) is 1. The van der Waals surface area contributed by atoms with Crippen molar-refractivity contribution in [2.24, 2.45) is 11.7 Å². The largest absolute Gasteiger partial charge is 0.359 e. The van der Waals surface area contributed by atoms with Crippen LogP contribution in [0.15, 0.2) is 18.3 Å². The van der Waals surface area contributed by atoms with Gasteiger partial charge in [0.1, 0.15) is 0 Å². The molecule has 0 aromatic carbocycles. The van der Waals surface area contributed by atoms with Crippen molar-refractivity contribution in [3.05, 3.63) is 24.0 Å². The Kier molecular flexibility index (Phi) is 2.68. The normalized spacial score (nSPS) is 27.5. The van der Waals surface area contributed by atoms with Gasteiger partial charge in [0.15, 0.2) is 5.78 Å². The molecule has 3 N–H and O–H groups in total. The molecule has 0 unspecified atom stereocenters. The number of Topliss-reactive ketones (excluding diaryl/α,β-unsaturated/α-hetero) is 1. The van der Waals surface area contributed by atoms with Crippen molar-refractivity contribution >= 4 is 5.78 Å². The van der Waals surface area contributed by atoms with Gasteiger partial charge in [-0.1, -0.05) is 0 Å². The third kappa shape index (κ3) is 1.87. The van der Waals surface area contributed by atoms with E-state index in [0.29, 0.717) is 6.04 Å². The number of ketones is 1. The van der Waals surface area contributed by atoms with Gasteiger partial charge in [0.05, 0.1) is 5.69 Å². The van der Waals surface area contributed by atoms with Gasteiger partial charge < -0.3 is 10.7 Å². The van der Waals surface area contributed by atoms with E-state index in [4.69, 9.17) is 5.73 Å². The minimum absolute atomic E-state index is 0.188. The van der Waals surface area contributed by atoms with Crippen LogP contribution in [-0.2, 0) is 0 Å². The topological polar surface area (TPSA) is 58.9 Å². The minimum Gasteiger partial charge on any atom is -0.359 e. The summed E-state index contributed by atoms with van der Waals surface area (Å²) < 4.78 is 0. The van der Waals surface area contributed by atoms with Crippen LogP contribution in [0.1, 0.15) is 36.2 Å². The third-order valence-corrected chi connectivity index (χ3v) is 3.01. The van der Waals surface area contributed by atoms with Crippen LogP contribution in [0.25, 0.3) is 0 Å². The second kappa shape index (κ2) is 3.96. The van der Waals surface area contributed by atoms with Gasteiger partial charge in [-0.05, 0) is 37.8 Å². The average molecular weight is 192 g/mol. The standard InChI is InChI=1S/C11H16N2O/c12-9-5-3-8(4-6-9)11(14)10-2-1-7-13-10/h1-2,7-9,13H,3-6,12H2. The summed E-state index contributed by atoms with van der Waals surface area (Å²) in [5.74, 6) is 0.440. The molecule has 1 aromatic heterocycles. The van der Waals surface area contributed by atoms with Crippen LogP contribution in [0.4, 0.5) is 0 Å².